The van der Waals surface area contributed by atoms with E-state index in [0.717, 1.165) is 18.9 Å². The largest absolute Gasteiger partial charge is 0.481 e. The fourth-order valence-electron chi connectivity index (χ4n) is 2.75. The van der Waals surface area contributed by atoms with Gasteiger partial charge in [-0.05, 0) is 19.1 Å². The van der Waals surface area contributed by atoms with Gasteiger partial charge in [0.25, 0.3) is 5.91 Å². The predicted molar refractivity (Wildman–Crippen MR) is 103 cm³/mol. The molecule has 2 heterocycles. The van der Waals surface area contributed by atoms with E-state index in [2.05, 4.69) is 25.5 Å². The highest BCUT2D eigenvalue weighted by atomic mass is 19.1. The number of hydrogen-bond acceptors (Lipinski definition) is 7. The van der Waals surface area contributed by atoms with Gasteiger partial charge in [-0.1, -0.05) is 12.1 Å². The van der Waals surface area contributed by atoms with Crippen molar-refractivity contribution >= 4 is 17.5 Å². The number of ether oxygens (including phenoxy) is 2. The van der Waals surface area contributed by atoms with E-state index in [-0.39, 0.29) is 18.3 Å². The number of aromatic nitrogens is 2. The van der Waals surface area contributed by atoms with Crippen LogP contribution in [0, 0.1) is 12.7 Å². The molecule has 0 spiro atoms. The maximum Gasteiger partial charge on any atom is 0.258 e. The highest BCUT2D eigenvalue weighted by Gasteiger charge is 2.14. The standard InChI is InChI=1S/C19H24FN5O3/c1-14-23-17(12-18(24-14)25-8-10-27-11-9-25)21-6-7-22-19(26)13-28-16-5-3-2-4-15(16)20/h2-5,12H,6-11,13H2,1H3,(H,22,26)(H,21,23,24). The summed E-state index contributed by atoms with van der Waals surface area (Å²) in [5.74, 6) is 1.48. The number of amides is 1. The quantitative estimate of drug-likeness (QED) is 0.659. The Balaban J connectivity index is 1.41. The third kappa shape index (κ3) is 5.78. The predicted octanol–water partition coefficient (Wildman–Crippen LogP) is 1.37. The molecule has 1 aromatic carbocycles. The molecule has 0 bridgehead atoms. The van der Waals surface area contributed by atoms with Gasteiger partial charge < -0.3 is 25.0 Å². The molecule has 1 aliphatic heterocycles. The number of rotatable bonds is 8. The van der Waals surface area contributed by atoms with Crippen LogP contribution in [0.2, 0.25) is 0 Å². The summed E-state index contributed by atoms with van der Waals surface area (Å²) >= 11 is 0. The van der Waals surface area contributed by atoms with Crippen molar-refractivity contribution in [2.24, 2.45) is 0 Å². The lowest BCUT2D eigenvalue weighted by atomic mass is 10.3. The zero-order valence-corrected chi connectivity index (χ0v) is 15.8. The first-order chi connectivity index (χ1) is 13.6. The summed E-state index contributed by atoms with van der Waals surface area (Å²) in [4.78, 5) is 22.8. The molecule has 0 unspecified atom stereocenters. The summed E-state index contributed by atoms with van der Waals surface area (Å²) in [7, 11) is 0. The molecule has 1 aliphatic rings. The lowest BCUT2D eigenvalue weighted by Crippen LogP contribution is -2.37. The summed E-state index contributed by atoms with van der Waals surface area (Å²) in [5, 5.41) is 5.89. The number of morpholine rings is 1. The first-order valence-electron chi connectivity index (χ1n) is 9.18. The van der Waals surface area contributed by atoms with E-state index in [1.165, 1.54) is 12.1 Å². The van der Waals surface area contributed by atoms with Gasteiger partial charge in [-0.25, -0.2) is 14.4 Å². The second kappa shape index (κ2) is 9.84. The van der Waals surface area contributed by atoms with Crippen LogP contribution in [0.4, 0.5) is 16.0 Å². The Kier molecular flexibility index (Phi) is 6.96. The van der Waals surface area contributed by atoms with Gasteiger partial charge in [0.1, 0.15) is 17.5 Å². The first-order valence-corrected chi connectivity index (χ1v) is 9.18. The molecule has 1 amide bonds. The zero-order chi connectivity index (χ0) is 19.8. The average Bonchev–Trinajstić information content (AvgIpc) is 2.71. The fourth-order valence-corrected chi connectivity index (χ4v) is 2.75. The Morgan fingerprint density at radius 1 is 1.25 bits per heavy atom. The van der Waals surface area contributed by atoms with Gasteiger partial charge in [0.2, 0.25) is 0 Å². The van der Waals surface area contributed by atoms with E-state index in [9.17, 15) is 9.18 Å². The molecule has 3 rings (SSSR count). The molecule has 0 aliphatic carbocycles. The van der Waals surface area contributed by atoms with Crippen LogP contribution in [0.3, 0.4) is 0 Å². The molecule has 1 saturated heterocycles. The monoisotopic (exact) mass is 389 g/mol. The Morgan fingerprint density at radius 3 is 2.82 bits per heavy atom. The molecule has 28 heavy (non-hydrogen) atoms. The van der Waals surface area contributed by atoms with Crippen molar-refractivity contribution in [3.63, 3.8) is 0 Å². The second-order valence-corrected chi connectivity index (χ2v) is 6.25. The van der Waals surface area contributed by atoms with Crippen LogP contribution < -0.4 is 20.3 Å². The number of aryl methyl sites for hydroxylation is 1. The number of hydrogen-bond donors (Lipinski definition) is 2. The molecule has 8 nitrogen and oxygen atoms in total. The molecule has 2 aromatic rings. The van der Waals surface area contributed by atoms with Crippen LogP contribution in [0.25, 0.3) is 0 Å². The minimum Gasteiger partial charge on any atom is -0.481 e. The molecule has 0 radical (unpaired) electrons. The van der Waals surface area contributed by atoms with Crippen LogP contribution in [0.15, 0.2) is 30.3 Å². The van der Waals surface area contributed by atoms with Crippen LogP contribution >= 0.6 is 0 Å². The third-order valence-electron chi connectivity index (χ3n) is 4.11. The van der Waals surface area contributed by atoms with Crippen molar-refractivity contribution in [2.45, 2.75) is 6.92 Å². The molecular formula is C19H24FN5O3. The molecular weight excluding hydrogens is 365 g/mol. The highest BCUT2D eigenvalue weighted by molar-refractivity contribution is 5.77. The van der Waals surface area contributed by atoms with Crippen molar-refractivity contribution in [1.29, 1.82) is 0 Å². The highest BCUT2D eigenvalue weighted by Crippen LogP contribution is 2.17. The Morgan fingerprint density at radius 2 is 2.04 bits per heavy atom. The van der Waals surface area contributed by atoms with Crippen molar-refractivity contribution in [2.75, 3.05) is 56.2 Å². The van der Waals surface area contributed by atoms with Gasteiger partial charge in [0.05, 0.1) is 13.2 Å². The maximum absolute atomic E-state index is 13.4. The first kappa shape index (κ1) is 19.8. The molecule has 150 valence electrons. The van der Waals surface area contributed by atoms with E-state index in [1.54, 1.807) is 12.1 Å². The summed E-state index contributed by atoms with van der Waals surface area (Å²) in [5.41, 5.74) is 0. The summed E-state index contributed by atoms with van der Waals surface area (Å²) in [6, 6.07) is 7.86. The third-order valence-corrected chi connectivity index (χ3v) is 4.11. The lowest BCUT2D eigenvalue weighted by molar-refractivity contribution is -0.123. The Labute approximate surface area is 163 Å². The molecule has 0 saturated carbocycles. The van der Waals surface area contributed by atoms with Crippen LogP contribution in [0.1, 0.15) is 5.82 Å². The number of halogens is 1. The SMILES string of the molecule is Cc1nc(NCCNC(=O)COc2ccccc2F)cc(N2CCOCC2)n1. The van der Waals surface area contributed by atoms with E-state index in [1.807, 2.05) is 13.0 Å². The van der Waals surface area contributed by atoms with Gasteiger partial charge in [-0.2, -0.15) is 0 Å². The average molecular weight is 389 g/mol. The van der Waals surface area contributed by atoms with Crippen LogP contribution in [-0.4, -0.2) is 61.9 Å². The topological polar surface area (TPSA) is 88.6 Å². The van der Waals surface area contributed by atoms with E-state index >= 15 is 0 Å². The molecule has 0 atom stereocenters. The van der Waals surface area contributed by atoms with E-state index in [0.29, 0.717) is 37.9 Å². The summed E-state index contributed by atoms with van der Waals surface area (Å²) in [6.45, 7) is 5.45. The number of para-hydroxylation sites is 1. The number of nitrogens with zero attached hydrogens (tertiary/aromatic N) is 3. The van der Waals surface area contributed by atoms with Gasteiger partial charge in [0.15, 0.2) is 18.2 Å². The Hall–Kier alpha value is -2.94. The van der Waals surface area contributed by atoms with E-state index in [4.69, 9.17) is 9.47 Å². The number of carbonyl (C=O) groups is 1. The summed E-state index contributed by atoms with van der Waals surface area (Å²) in [6.07, 6.45) is 0. The number of carbonyl (C=O) groups excluding carboxylic acids is 1. The molecule has 1 aromatic heterocycles. The minimum absolute atomic E-state index is 0.0582. The van der Waals surface area contributed by atoms with Crippen LogP contribution in [0.5, 0.6) is 5.75 Å². The van der Waals surface area contributed by atoms with Crippen molar-refractivity contribution in [3.05, 3.63) is 42.0 Å². The summed E-state index contributed by atoms with van der Waals surface area (Å²) < 4.78 is 24.0. The fraction of sp³-hybridized carbons (Fsp3) is 0.421. The number of anilines is 2. The number of benzene rings is 1. The smallest absolute Gasteiger partial charge is 0.258 e. The van der Waals surface area contributed by atoms with Crippen molar-refractivity contribution in [3.8, 4) is 5.75 Å². The van der Waals surface area contributed by atoms with Crippen molar-refractivity contribution < 1.29 is 18.7 Å². The Bertz CT molecular complexity index is 799. The molecule has 1 fully saturated rings. The lowest BCUT2D eigenvalue weighted by Gasteiger charge is -2.28. The second-order valence-electron chi connectivity index (χ2n) is 6.25. The van der Waals surface area contributed by atoms with Gasteiger partial charge >= 0.3 is 0 Å². The number of nitrogens with one attached hydrogen (secondary N) is 2. The minimum atomic E-state index is -0.493. The maximum atomic E-state index is 13.4. The van der Waals surface area contributed by atoms with Crippen molar-refractivity contribution in [1.82, 2.24) is 15.3 Å². The molecule has 2 N–H and O–H groups in total. The van der Waals surface area contributed by atoms with Gasteiger partial charge in [-0.3, -0.25) is 4.79 Å². The molecule has 9 heteroatoms. The van der Waals surface area contributed by atoms with Gasteiger partial charge in [0, 0.05) is 32.2 Å². The normalized spacial score (nSPS) is 13.9. The van der Waals surface area contributed by atoms with Gasteiger partial charge in [-0.15, -0.1) is 0 Å². The van der Waals surface area contributed by atoms with Crippen LogP contribution in [-0.2, 0) is 9.53 Å². The van der Waals surface area contributed by atoms with E-state index < -0.39 is 5.82 Å². The zero-order valence-electron chi connectivity index (χ0n) is 15.8.